The summed E-state index contributed by atoms with van der Waals surface area (Å²) in [7, 11) is 0. The number of nitrogens with one attached hydrogen (secondary N) is 2. The highest BCUT2D eigenvalue weighted by atomic mass is 32.1. The van der Waals surface area contributed by atoms with Crippen LogP contribution in [0.2, 0.25) is 0 Å². The Bertz CT molecular complexity index is 1200. The van der Waals surface area contributed by atoms with Crippen LogP contribution in [0.15, 0.2) is 28.6 Å². The van der Waals surface area contributed by atoms with Crippen LogP contribution in [0.4, 0.5) is 0 Å². The molecule has 1 aliphatic carbocycles. The molecule has 1 saturated carbocycles. The quantitative estimate of drug-likeness (QED) is 0.432. The van der Waals surface area contributed by atoms with Crippen LogP contribution >= 0.6 is 11.3 Å². The summed E-state index contributed by atoms with van der Waals surface area (Å²) in [6.07, 6.45) is 6.65. The summed E-state index contributed by atoms with van der Waals surface area (Å²) in [5.41, 5.74) is 1.36. The number of hydrogen-bond donors (Lipinski definition) is 4. The normalized spacial score (nSPS) is 14.0. The minimum Gasteiger partial charge on any atom is -0.481 e. The van der Waals surface area contributed by atoms with Gasteiger partial charge >= 0.3 is 11.9 Å². The van der Waals surface area contributed by atoms with Crippen LogP contribution in [0.25, 0.3) is 22.0 Å². The first-order valence-corrected chi connectivity index (χ1v) is 10.1. The summed E-state index contributed by atoms with van der Waals surface area (Å²) in [6.45, 7) is 0. The maximum atomic E-state index is 12.7. The van der Waals surface area contributed by atoms with Gasteiger partial charge in [0.05, 0.1) is 23.0 Å². The number of pyridine rings is 1. The van der Waals surface area contributed by atoms with E-state index < -0.39 is 11.9 Å². The SMILES string of the molecule is C.N=C(CC(=O)O)c1cc(-c2cn(C3CCCC3)c3c(C(=O)O)c[nH]c(=O)c23)cs1. The molecule has 0 atom stereocenters. The van der Waals surface area contributed by atoms with Gasteiger partial charge in [-0.1, -0.05) is 20.3 Å². The highest BCUT2D eigenvalue weighted by Gasteiger charge is 2.26. The Morgan fingerprint density at radius 2 is 1.97 bits per heavy atom. The Balaban J connectivity index is 0.00000256. The van der Waals surface area contributed by atoms with Crippen LogP contribution < -0.4 is 5.56 Å². The molecule has 0 aromatic carbocycles. The number of aromatic nitrogens is 2. The van der Waals surface area contributed by atoms with Crippen molar-refractivity contribution in [1.82, 2.24) is 9.55 Å². The van der Waals surface area contributed by atoms with E-state index in [4.69, 9.17) is 10.5 Å². The van der Waals surface area contributed by atoms with Gasteiger partial charge in [0.25, 0.3) is 5.56 Å². The smallest absolute Gasteiger partial charge is 0.339 e. The summed E-state index contributed by atoms with van der Waals surface area (Å²) >= 11 is 1.24. The van der Waals surface area contributed by atoms with Crippen LogP contribution in [0.5, 0.6) is 0 Å². The monoisotopic (exact) mass is 429 g/mol. The van der Waals surface area contributed by atoms with Crippen LogP contribution in [-0.2, 0) is 4.79 Å². The molecule has 0 saturated heterocycles. The largest absolute Gasteiger partial charge is 0.481 e. The molecule has 9 heteroatoms. The molecule has 30 heavy (non-hydrogen) atoms. The molecule has 0 amide bonds. The number of hydrogen-bond acceptors (Lipinski definition) is 5. The Morgan fingerprint density at radius 3 is 2.60 bits per heavy atom. The number of aliphatic carboxylic acids is 1. The zero-order valence-corrected chi connectivity index (χ0v) is 16.2. The first kappa shape index (κ1) is 21.5. The van der Waals surface area contributed by atoms with E-state index >= 15 is 0 Å². The number of nitrogens with zero attached hydrogens (tertiary/aromatic N) is 1. The number of carboxylic acid groups (broad SMARTS) is 2. The molecule has 0 unspecified atom stereocenters. The van der Waals surface area contributed by atoms with E-state index in [2.05, 4.69) is 4.98 Å². The number of carboxylic acids is 2. The lowest BCUT2D eigenvalue weighted by Crippen LogP contribution is -2.13. The predicted molar refractivity (Wildman–Crippen MR) is 116 cm³/mol. The van der Waals surface area contributed by atoms with Gasteiger partial charge in [0.15, 0.2) is 0 Å². The number of H-pyrrole nitrogens is 1. The highest BCUT2D eigenvalue weighted by Crippen LogP contribution is 2.39. The fraction of sp³-hybridized carbons (Fsp3) is 0.333. The summed E-state index contributed by atoms with van der Waals surface area (Å²) < 4.78 is 1.91. The predicted octanol–water partition coefficient (Wildman–Crippen LogP) is 4.35. The lowest BCUT2D eigenvalue weighted by Gasteiger charge is -2.14. The highest BCUT2D eigenvalue weighted by molar-refractivity contribution is 7.12. The molecule has 1 aliphatic rings. The van der Waals surface area contributed by atoms with Crippen molar-refractivity contribution in [2.45, 2.75) is 45.6 Å². The molecule has 8 nitrogen and oxygen atoms in total. The van der Waals surface area contributed by atoms with Gasteiger partial charge in [0.2, 0.25) is 0 Å². The van der Waals surface area contributed by atoms with Crippen molar-refractivity contribution < 1.29 is 19.8 Å². The fourth-order valence-corrected chi connectivity index (χ4v) is 4.89. The number of aromatic carboxylic acids is 1. The molecule has 0 radical (unpaired) electrons. The van der Waals surface area contributed by atoms with E-state index in [1.54, 1.807) is 11.4 Å². The molecular weight excluding hydrogens is 406 g/mol. The summed E-state index contributed by atoms with van der Waals surface area (Å²) in [5.74, 6) is -2.19. The van der Waals surface area contributed by atoms with Crippen molar-refractivity contribution in [1.29, 1.82) is 5.41 Å². The number of aromatic amines is 1. The molecule has 3 heterocycles. The second kappa shape index (κ2) is 8.27. The van der Waals surface area contributed by atoms with Gasteiger partial charge in [0, 0.05) is 28.9 Å². The third kappa shape index (κ3) is 3.68. The fourth-order valence-electron chi connectivity index (χ4n) is 4.03. The Morgan fingerprint density at radius 1 is 1.27 bits per heavy atom. The molecule has 3 aromatic rings. The third-order valence-corrected chi connectivity index (χ3v) is 6.34. The van der Waals surface area contributed by atoms with Gasteiger partial charge in [-0.25, -0.2) is 4.79 Å². The topological polar surface area (TPSA) is 136 Å². The van der Waals surface area contributed by atoms with E-state index in [1.165, 1.54) is 17.5 Å². The van der Waals surface area contributed by atoms with Gasteiger partial charge in [-0.05, 0) is 29.9 Å². The van der Waals surface area contributed by atoms with E-state index in [1.807, 2.05) is 10.8 Å². The lowest BCUT2D eigenvalue weighted by atomic mass is 10.1. The Hall–Kier alpha value is -3.20. The van der Waals surface area contributed by atoms with Crippen molar-refractivity contribution in [3.63, 3.8) is 0 Å². The van der Waals surface area contributed by atoms with E-state index in [0.29, 0.717) is 26.9 Å². The standard InChI is InChI=1S/C20H19N3O5S.CH4/c21-14(6-16(24)25)15-5-10(9-29-15)13-8-23(11-3-1-2-4-11)18-12(20(27)28)7-22-19(26)17(13)18;/h5,7-9,11,21H,1-4,6H2,(H,22,26)(H,24,25)(H,27,28);1H4. The molecule has 158 valence electrons. The van der Waals surface area contributed by atoms with Crippen molar-refractivity contribution in [2.75, 3.05) is 0 Å². The van der Waals surface area contributed by atoms with E-state index in [-0.39, 0.29) is 36.7 Å². The molecule has 4 N–H and O–H groups in total. The lowest BCUT2D eigenvalue weighted by molar-refractivity contribution is -0.135. The van der Waals surface area contributed by atoms with Gasteiger partial charge in [-0.15, -0.1) is 11.3 Å². The van der Waals surface area contributed by atoms with Crippen molar-refractivity contribution in [2.24, 2.45) is 0 Å². The molecule has 1 fully saturated rings. The molecule has 0 bridgehead atoms. The second-order valence-electron chi connectivity index (χ2n) is 7.20. The molecule has 3 aromatic heterocycles. The molecular formula is C21H23N3O5S. The summed E-state index contributed by atoms with van der Waals surface area (Å²) in [4.78, 5) is 38.4. The van der Waals surface area contributed by atoms with Crippen molar-refractivity contribution >= 4 is 39.9 Å². The van der Waals surface area contributed by atoms with E-state index in [9.17, 15) is 19.5 Å². The zero-order valence-electron chi connectivity index (χ0n) is 15.4. The van der Waals surface area contributed by atoms with Crippen LogP contribution in [0.3, 0.4) is 0 Å². The van der Waals surface area contributed by atoms with Crippen LogP contribution in [-0.4, -0.2) is 37.4 Å². The molecule has 4 rings (SSSR count). The average Bonchev–Trinajstić information content (AvgIpc) is 3.40. The van der Waals surface area contributed by atoms with Crippen molar-refractivity contribution in [3.8, 4) is 11.1 Å². The van der Waals surface area contributed by atoms with Gasteiger partial charge < -0.3 is 25.2 Å². The van der Waals surface area contributed by atoms with Gasteiger partial charge in [0.1, 0.15) is 5.56 Å². The second-order valence-corrected chi connectivity index (χ2v) is 8.11. The average molecular weight is 429 g/mol. The van der Waals surface area contributed by atoms with Crippen LogP contribution in [0, 0.1) is 5.41 Å². The van der Waals surface area contributed by atoms with Gasteiger partial charge in [-0.3, -0.25) is 9.59 Å². The minimum atomic E-state index is -1.11. The maximum absolute atomic E-state index is 12.7. The summed E-state index contributed by atoms with van der Waals surface area (Å²) in [5, 5.41) is 28.6. The third-order valence-electron chi connectivity index (χ3n) is 5.35. The molecule has 0 aliphatic heterocycles. The first-order chi connectivity index (χ1) is 13.9. The van der Waals surface area contributed by atoms with Gasteiger partial charge in [-0.2, -0.15) is 0 Å². The Kier molecular flexibility index (Phi) is 5.93. The number of thiophene rings is 1. The maximum Gasteiger partial charge on any atom is 0.339 e. The Labute approximate surface area is 176 Å². The number of carbonyl (C=O) groups is 2. The minimum absolute atomic E-state index is 0. The first-order valence-electron chi connectivity index (χ1n) is 9.25. The van der Waals surface area contributed by atoms with Crippen LogP contribution in [0.1, 0.15) is 60.8 Å². The number of fused-ring (bicyclic) bond motifs is 1. The summed E-state index contributed by atoms with van der Waals surface area (Å²) in [6, 6.07) is 1.82. The molecule has 0 spiro atoms. The zero-order chi connectivity index (χ0) is 20.7. The number of rotatable bonds is 6. The van der Waals surface area contributed by atoms with E-state index in [0.717, 1.165) is 25.7 Å². The van der Waals surface area contributed by atoms with Crippen molar-refractivity contribution in [3.05, 3.63) is 44.6 Å².